The molecule has 1 aromatic carbocycles. The number of carboxylic acids is 1. The van der Waals surface area contributed by atoms with Crippen LogP contribution in [0.3, 0.4) is 0 Å². The predicted octanol–water partition coefficient (Wildman–Crippen LogP) is 3.97. The second kappa shape index (κ2) is 5.65. The molecule has 0 unspecified atom stereocenters. The van der Waals surface area contributed by atoms with Crippen molar-refractivity contribution in [3.05, 3.63) is 45.8 Å². The lowest BCUT2D eigenvalue weighted by molar-refractivity contribution is 0.0685. The van der Waals surface area contributed by atoms with Crippen molar-refractivity contribution < 1.29 is 14.4 Å². The van der Waals surface area contributed by atoms with Crippen molar-refractivity contribution in [2.75, 3.05) is 0 Å². The monoisotopic (exact) mass is 303 g/mol. The lowest BCUT2D eigenvalue weighted by Crippen LogP contribution is -1.94. The third kappa shape index (κ3) is 3.19. The van der Waals surface area contributed by atoms with Gasteiger partial charge < -0.3 is 9.63 Å². The number of hydrogen-bond acceptors (Lipinski definition) is 4. The Morgan fingerprint density at radius 2 is 2.11 bits per heavy atom. The van der Waals surface area contributed by atoms with Gasteiger partial charge in [0.05, 0.1) is 15.8 Å². The molecule has 0 radical (unpaired) electrons. The molecule has 1 aromatic heterocycles. The van der Waals surface area contributed by atoms with E-state index < -0.39 is 5.97 Å². The molecule has 0 aliphatic heterocycles. The van der Waals surface area contributed by atoms with E-state index in [-0.39, 0.29) is 5.69 Å². The molecule has 0 amide bonds. The van der Waals surface area contributed by atoms with Crippen molar-refractivity contribution in [1.29, 1.82) is 0 Å². The minimum atomic E-state index is -1.11. The van der Waals surface area contributed by atoms with Crippen molar-refractivity contribution >= 4 is 40.9 Å². The normalized spacial score (nSPS) is 10.6. The van der Waals surface area contributed by atoms with Crippen LogP contribution in [0.25, 0.3) is 0 Å². The molecule has 0 spiro atoms. The number of halogens is 2. The van der Waals surface area contributed by atoms with Crippen molar-refractivity contribution in [3.63, 3.8) is 0 Å². The molecule has 94 valence electrons. The highest BCUT2D eigenvalue weighted by Crippen LogP contribution is 2.29. The van der Waals surface area contributed by atoms with E-state index in [1.807, 2.05) is 6.07 Å². The van der Waals surface area contributed by atoms with E-state index >= 15 is 0 Å². The Morgan fingerprint density at radius 3 is 2.72 bits per heavy atom. The number of carbonyl (C=O) groups is 1. The van der Waals surface area contributed by atoms with Gasteiger partial charge in [-0.3, -0.25) is 0 Å². The number of hydrogen-bond donors (Lipinski definition) is 1. The standard InChI is InChI=1S/C11H7Cl2NO3S/c12-8-2-1-7(4-9(8)13)18-5-6-3-10(11(15)16)14-17-6/h1-4H,5H2,(H,15,16). The van der Waals surface area contributed by atoms with Crippen LogP contribution >= 0.6 is 35.0 Å². The topological polar surface area (TPSA) is 63.3 Å². The molecule has 4 nitrogen and oxygen atoms in total. The summed E-state index contributed by atoms with van der Waals surface area (Å²) in [6.45, 7) is 0. The van der Waals surface area contributed by atoms with Gasteiger partial charge in [0, 0.05) is 11.0 Å². The second-order valence-electron chi connectivity index (χ2n) is 3.35. The summed E-state index contributed by atoms with van der Waals surface area (Å²) in [7, 11) is 0. The molecule has 7 heteroatoms. The van der Waals surface area contributed by atoms with Crippen LogP contribution in [0.2, 0.25) is 10.0 Å². The summed E-state index contributed by atoms with van der Waals surface area (Å²) in [4.78, 5) is 11.5. The molecular formula is C11H7Cl2NO3S. The molecule has 0 atom stereocenters. The maximum atomic E-state index is 10.6. The Balaban J connectivity index is 2.02. The molecule has 0 aliphatic rings. The lowest BCUT2D eigenvalue weighted by atomic mass is 10.4. The first-order valence-electron chi connectivity index (χ1n) is 4.83. The number of aromatic carboxylic acids is 1. The lowest BCUT2D eigenvalue weighted by Gasteiger charge is -2.00. The molecule has 1 N–H and O–H groups in total. The summed E-state index contributed by atoms with van der Waals surface area (Å²) in [6.07, 6.45) is 0. The molecule has 1 heterocycles. The quantitative estimate of drug-likeness (QED) is 0.866. The van der Waals surface area contributed by atoms with Crippen molar-refractivity contribution in [3.8, 4) is 0 Å². The number of aromatic nitrogens is 1. The van der Waals surface area contributed by atoms with E-state index in [2.05, 4.69) is 5.16 Å². The zero-order valence-corrected chi connectivity index (χ0v) is 11.2. The van der Waals surface area contributed by atoms with Crippen LogP contribution in [0.4, 0.5) is 0 Å². The number of benzene rings is 1. The van der Waals surface area contributed by atoms with Crippen LogP contribution in [0.1, 0.15) is 16.2 Å². The SMILES string of the molecule is O=C(O)c1cc(CSc2ccc(Cl)c(Cl)c2)on1. The van der Waals surface area contributed by atoms with Gasteiger partial charge in [-0.25, -0.2) is 4.79 Å². The van der Waals surface area contributed by atoms with E-state index in [1.165, 1.54) is 17.8 Å². The van der Waals surface area contributed by atoms with E-state index in [4.69, 9.17) is 32.8 Å². The third-order valence-corrected chi connectivity index (χ3v) is 3.81. The highest BCUT2D eigenvalue weighted by molar-refractivity contribution is 7.98. The summed E-state index contributed by atoms with van der Waals surface area (Å²) < 4.78 is 4.89. The Labute approximate surface area is 117 Å². The summed E-state index contributed by atoms with van der Waals surface area (Å²) in [5.41, 5.74) is -0.0975. The van der Waals surface area contributed by atoms with Gasteiger partial charge in [-0.1, -0.05) is 28.4 Å². The Kier molecular flexibility index (Phi) is 4.16. The average Bonchev–Trinajstić information content (AvgIpc) is 2.79. The summed E-state index contributed by atoms with van der Waals surface area (Å²) >= 11 is 13.1. The maximum Gasteiger partial charge on any atom is 0.358 e. The van der Waals surface area contributed by atoms with Crippen LogP contribution in [0.15, 0.2) is 33.7 Å². The van der Waals surface area contributed by atoms with Gasteiger partial charge in [0.2, 0.25) is 0 Å². The summed E-state index contributed by atoms with van der Waals surface area (Å²) in [5.74, 6) is -0.147. The largest absolute Gasteiger partial charge is 0.476 e. The number of nitrogens with zero attached hydrogens (tertiary/aromatic N) is 1. The number of carboxylic acid groups (broad SMARTS) is 1. The van der Waals surface area contributed by atoms with Gasteiger partial charge in [0.15, 0.2) is 5.69 Å². The fourth-order valence-corrected chi connectivity index (χ4v) is 2.38. The van der Waals surface area contributed by atoms with E-state index in [9.17, 15) is 4.79 Å². The molecule has 0 aliphatic carbocycles. The summed E-state index contributed by atoms with van der Waals surface area (Å²) in [6, 6.07) is 6.67. The van der Waals surface area contributed by atoms with Crippen molar-refractivity contribution in [2.45, 2.75) is 10.6 Å². The van der Waals surface area contributed by atoms with Gasteiger partial charge in [-0.15, -0.1) is 11.8 Å². The zero-order valence-electron chi connectivity index (χ0n) is 8.89. The molecule has 2 aromatic rings. The predicted molar refractivity (Wildman–Crippen MR) is 69.5 cm³/mol. The average molecular weight is 304 g/mol. The van der Waals surface area contributed by atoms with E-state index in [0.717, 1.165) is 4.90 Å². The van der Waals surface area contributed by atoms with E-state index in [1.54, 1.807) is 12.1 Å². The number of rotatable bonds is 4. The van der Waals surface area contributed by atoms with Crippen LogP contribution < -0.4 is 0 Å². The minimum absolute atomic E-state index is 0.0975. The minimum Gasteiger partial charge on any atom is -0.476 e. The van der Waals surface area contributed by atoms with Gasteiger partial charge in [-0.05, 0) is 18.2 Å². The third-order valence-electron chi connectivity index (χ3n) is 2.05. The van der Waals surface area contributed by atoms with Crippen molar-refractivity contribution in [2.24, 2.45) is 0 Å². The van der Waals surface area contributed by atoms with Gasteiger partial charge in [0.25, 0.3) is 0 Å². The molecule has 0 saturated heterocycles. The first kappa shape index (κ1) is 13.3. The van der Waals surface area contributed by atoms with Crippen LogP contribution in [0.5, 0.6) is 0 Å². The molecular weight excluding hydrogens is 297 g/mol. The van der Waals surface area contributed by atoms with Crippen LogP contribution in [-0.2, 0) is 5.75 Å². The highest BCUT2D eigenvalue weighted by atomic mass is 35.5. The van der Waals surface area contributed by atoms with Crippen LogP contribution in [0, 0.1) is 0 Å². The Hall–Kier alpha value is -1.17. The Bertz CT molecular complexity index is 585. The summed E-state index contributed by atoms with van der Waals surface area (Å²) in [5, 5.41) is 13.1. The first-order valence-corrected chi connectivity index (χ1v) is 6.57. The van der Waals surface area contributed by atoms with Crippen LogP contribution in [-0.4, -0.2) is 16.2 Å². The highest BCUT2D eigenvalue weighted by Gasteiger charge is 2.11. The van der Waals surface area contributed by atoms with Gasteiger partial charge >= 0.3 is 5.97 Å². The molecule has 18 heavy (non-hydrogen) atoms. The Morgan fingerprint density at radius 1 is 1.33 bits per heavy atom. The zero-order chi connectivity index (χ0) is 13.1. The maximum absolute atomic E-state index is 10.6. The van der Waals surface area contributed by atoms with Gasteiger partial charge in [0.1, 0.15) is 5.76 Å². The second-order valence-corrected chi connectivity index (χ2v) is 5.21. The van der Waals surface area contributed by atoms with Crippen molar-refractivity contribution in [1.82, 2.24) is 5.16 Å². The fourth-order valence-electron chi connectivity index (χ4n) is 1.20. The molecule has 0 saturated carbocycles. The molecule has 2 rings (SSSR count). The molecule has 0 bridgehead atoms. The molecule has 0 fully saturated rings. The first-order chi connectivity index (χ1) is 8.56. The fraction of sp³-hybridized carbons (Fsp3) is 0.0909. The number of thioether (sulfide) groups is 1. The smallest absolute Gasteiger partial charge is 0.358 e. The van der Waals surface area contributed by atoms with Gasteiger partial charge in [-0.2, -0.15) is 0 Å². The van der Waals surface area contributed by atoms with E-state index in [0.29, 0.717) is 21.6 Å².